The summed E-state index contributed by atoms with van der Waals surface area (Å²) in [5, 5.41) is 2.76. The van der Waals surface area contributed by atoms with Gasteiger partial charge < -0.3 is 19.5 Å². The Bertz CT molecular complexity index is 1100. The number of anilines is 2. The maximum atomic E-state index is 12.4. The molecule has 1 N–H and O–H groups in total. The largest absolute Gasteiger partial charge is 0.465 e. The molecule has 1 amide bonds. The number of hydrogen-bond acceptors (Lipinski definition) is 7. The van der Waals surface area contributed by atoms with Crippen molar-refractivity contribution in [3.8, 4) is 11.5 Å². The number of carbonyl (C=O) groups is 2. The van der Waals surface area contributed by atoms with Crippen LogP contribution in [-0.2, 0) is 19.6 Å². The second kappa shape index (κ2) is 9.25. The predicted octanol–water partition coefficient (Wildman–Crippen LogP) is 2.70. The Kier molecular flexibility index (Phi) is 6.69. The lowest BCUT2D eigenvalue weighted by Gasteiger charge is -2.22. The Labute approximate surface area is 181 Å². The Morgan fingerprint density at radius 3 is 2.58 bits per heavy atom. The van der Waals surface area contributed by atoms with E-state index >= 15 is 0 Å². The minimum Gasteiger partial charge on any atom is -0.465 e. The molecule has 0 aliphatic carbocycles. The van der Waals surface area contributed by atoms with Gasteiger partial charge in [-0.05, 0) is 43.2 Å². The van der Waals surface area contributed by atoms with Gasteiger partial charge >= 0.3 is 5.97 Å². The number of fused-ring (bicyclic) bond motifs is 1. The van der Waals surface area contributed by atoms with E-state index in [0.717, 1.165) is 11.8 Å². The number of rotatable bonds is 8. The molecule has 0 bridgehead atoms. The van der Waals surface area contributed by atoms with Crippen molar-refractivity contribution >= 4 is 33.3 Å². The molecule has 3 rings (SSSR count). The second-order valence-electron chi connectivity index (χ2n) is 7.05. The van der Waals surface area contributed by atoms with Crippen LogP contribution in [0.2, 0.25) is 0 Å². The highest BCUT2D eigenvalue weighted by atomic mass is 32.2. The minimum absolute atomic E-state index is 0.0917. The molecule has 0 saturated carbocycles. The summed E-state index contributed by atoms with van der Waals surface area (Å²) >= 11 is 0. The van der Waals surface area contributed by atoms with E-state index in [1.165, 1.54) is 11.4 Å². The maximum absolute atomic E-state index is 12.4. The van der Waals surface area contributed by atoms with Crippen LogP contribution < -0.4 is 19.1 Å². The molecule has 10 heteroatoms. The zero-order chi connectivity index (χ0) is 22.6. The molecule has 166 valence electrons. The SMILES string of the molecule is COC(=O)c1ccc(C)c(NC(=O)CCCN(c2ccc3c(c2)OCO3)S(C)(=O)=O)c1. The summed E-state index contributed by atoms with van der Waals surface area (Å²) in [4.78, 5) is 24.1. The molecule has 9 nitrogen and oxygen atoms in total. The van der Waals surface area contributed by atoms with Gasteiger partial charge in [0.1, 0.15) is 0 Å². The van der Waals surface area contributed by atoms with Crippen LogP contribution in [0.1, 0.15) is 28.8 Å². The zero-order valence-corrected chi connectivity index (χ0v) is 18.3. The highest BCUT2D eigenvalue weighted by Crippen LogP contribution is 2.36. The molecule has 1 heterocycles. The number of nitrogens with zero attached hydrogens (tertiary/aromatic N) is 1. The number of esters is 1. The van der Waals surface area contributed by atoms with E-state index in [1.54, 1.807) is 36.4 Å². The number of carbonyl (C=O) groups excluding carboxylic acids is 2. The monoisotopic (exact) mass is 448 g/mol. The minimum atomic E-state index is -3.56. The van der Waals surface area contributed by atoms with Crippen LogP contribution in [0.4, 0.5) is 11.4 Å². The molecule has 0 radical (unpaired) electrons. The first kappa shape index (κ1) is 22.4. The van der Waals surface area contributed by atoms with Crippen molar-refractivity contribution in [3.63, 3.8) is 0 Å². The molecule has 1 aliphatic rings. The van der Waals surface area contributed by atoms with Crippen molar-refractivity contribution in [2.75, 3.05) is 36.3 Å². The summed E-state index contributed by atoms with van der Waals surface area (Å²) in [7, 11) is -2.28. The summed E-state index contributed by atoms with van der Waals surface area (Å²) in [6, 6.07) is 9.77. The number of benzene rings is 2. The van der Waals surface area contributed by atoms with Crippen LogP contribution in [0.25, 0.3) is 0 Å². The third-order valence-corrected chi connectivity index (χ3v) is 5.94. The smallest absolute Gasteiger partial charge is 0.337 e. The number of aryl methyl sites for hydroxylation is 1. The van der Waals surface area contributed by atoms with Crippen LogP contribution in [-0.4, -0.2) is 47.0 Å². The first-order valence-corrected chi connectivity index (χ1v) is 11.4. The number of amides is 1. The van der Waals surface area contributed by atoms with Gasteiger partial charge in [-0.1, -0.05) is 6.07 Å². The number of nitrogens with one attached hydrogen (secondary N) is 1. The van der Waals surface area contributed by atoms with E-state index in [0.29, 0.717) is 34.9 Å². The van der Waals surface area contributed by atoms with Crippen molar-refractivity contribution in [2.24, 2.45) is 0 Å². The maximum Gasteiger partial charge on any atom is 0.337 e. The van der Waals surface area contributed by atoms with Gasteiger partial charge in [0.05, 0.1) is 24.6 Å². The standard InChI is InChI=1S/C21H24N2O7S/c1-14-6-7-15(21(25)28-2)11-17(14)22-20(24)5-4-10-23(31(3,26)27)16-8-9-18-19(12-16)30-13-29-18/h6-9,11-12H,4-5,10,13H2,1-3H3,(H,22,24). The number of ether oxygens (including phenoxy) is 3. The third kappa shape index (κ3) is 5.46. The van der Waals surface area contributed by atoms with E-state index in [2.05, 4.69) is 5.32 Å². The van der Waals surface area contributed by atoms with Crippen molar-refractivity contribution in [3.05, 3.63) is 47.5 Å². The van der Waals surface area contributed by atoms with E-state index < -0.39 is 16.0 Å². The first-order chi connectivity index (χ1) is 14.7. The molecule has 2 aromatic carbocycles. The normalized spacial score (nSPS) is 12.4. The highest BCUT2D eigenvalue weighted by Gasteiger charge is 2.21. The van der Waals surface area contributed by atoms with E-state index in [9.17, 15) is 18.0 Å². The van der Waals surface area contributed by atoms with E-state index in [-0.39, 0.29) is 25.7 Å². The Morgan fingerprint density at radius 1 is 1.13 bits per heavy atom. The fourth-order valence-corrected chi connectivity index (χ4v) is 4.08. The molecule has 0 atom stereocenters. The molecule has 0 saturated heterocycles. The summed E-state index contributed by atoms with van der Waals surface area (Å²) in [5.41, 5.74) is 2.06. The van der Waals surface area contributed by atoms with Gasteiger partial charge in [0.15, 0.2) is 11.5 Å². The lowest BCUT2D eigenvalue weighted by molar-refractivity contribution is -0.116. The lowest BCUT2D eigenvalue weighted by Crippen LogP contribution is -2.31. The quantitative estimate of drug-likeness (QED) is 0.618. The number of methoxy groups -OCH3 is 1. The Hall–Kier alpha value is -3.27. The van der Waals surface area contributed by atoms with Crippen LogP contribution in [0.3, 0.4) is 0 Å². The second-order valence-corrected chi connectivity index (χ2v) is 8.95. The van der Waals surface area contributed by atoms with Crippen LogP contribution in [0.15, 0.2) is 36.4 Å². The molecular weight excluding hydrogens is 424 g/mol. The Balaban J connectivity index is 1.63. The van der Waals surface area contributed by atoms with Gasteiger partial charge in [0.2, 0.25) is 22.7 Å². The average molecular weight is 448 g/mol. The molecule has 1 aliphatic heterocycles. The summed E-state index contributed by atoms with van der Waals surface area (Å²) in [6.45, 7) is 2.02. The molecule has 0 fully saturated rings. The molecule has 2 aromatic rings. The summed E-state index contributed by atoms with van der Waals surface area (Å²) in [5.74, 6) is 0.248. The summed E-state index contributed by atoms with van der Waals surface area (Å²) < 4.78 is 41.1. The van der Waals surface area contributed by atoms with Crippen LogP contribution in [0, 0.1) is 6.92 Å². The van der Waals surface area contributed by atoms with Crippen molar-refractivity contribution < 1.29 is 32.2 Å². The fraction of sp³-hybridized carbons (Fsp3) is 0.333. The Morgan fingerprint density at radius 2 is 1.87 bits per heavy atom. The van der Waals surface area contributed by atoms with Gasteiger partial charge in [-0.25, -0.2) is 13.2 Å². The van der Waals surface area contributed by atoms with E-state index in [1.807, 2.05) is 6.92 Å². The van der Waals surface area contributed by atoms with Gasteiger partial charge in [-0.15, -0.1) is 0 Å². The van der Waals surface area contributed by atoms with Crippen LogP contribution in [0.5, 0.6) is 11.5 Å². The molecule has 31 heavy (non-hydrogen) atoms. The van der Waals surface area contributed by atoms with Crippen molar-refractivity contribution in [2.45, 2.75) is 19.8 Å². The van der Waals surface area contributed by atoms with Gasteiger partial charge in [0, 0.05) is 24.7 Å². The van der Waals surface area contributed by atoms with E-state index in [4.69, 9.17) is 14.2 Å². The number of sulfonamides is 1. The summed E-state index contributed by atoms with van der Waals surface area (Å²) in [6.07, 6.45) is 1.50. The lowest BCUT2D eigenvalue weighted by atomic mass is 10.1. The van der Waals surface area contributed by atoms with Crippen molar-refractivity contribution in [1.29, 1.82) is 0 Å². The molecule has 0 unspecified atom stereocenters. The third-order valence-electron chi connectivity index (χ3n) is 4.74. The zero-order valence-electron chi connectivity index (χ0n) is 17.5. The predicted molar refractivity (Wildman–Crippen MR) is 115 cm³/mol. The molecular formula is C21H24N2O7S. The number of hydrogen-bond donors (Lipinski definition) is 1. The fourth-order valence-electron chi connectivity index (χ4n) is 3.12. The molecule has 0 spiro atoms. The highest BCUT2D eigenvalue weighted by molar-refractivity contribution is 7.92. The van der Waals surface area contributed by atoms with Gasteiger partial charge in [-0.2, -0.15) is 0 Å². The molecule has 0 aromatic heterocycles. The van der Waals surface area contributed by atoms with Crippen molar-refractivity contribution in [1.82, 2.24) is 0 Å². The van der Waals surface area contributed by atoms with Crippen LogP contribution >= 0.6 is 0 Å². The first-order valence-electron chi connectivity index (χ1n) is 9.55. The average Bonchev–Trinajstić information content (AvgIpc) is 3.19. The van der Waals surface area contributed by atoms with Gasteiger partial charge in [-0.3, -0.25) is 9.10 Å². The van der Waals surface area contributed by atoms with Gasteiger partial charge in [0.25, 0.3) is 0 Å². The topological polar surface area (TPSA) is 111 Å².